The van der Waals surface area contributed by atoms with Gasteiger partial charge in [0, 0.05) is 12.1 Å². The smallest absolute Gasteiger partial charge is 0.314 e. The first-order valence-corrected chi connectivity index (χ1v) is 12.4. The van der Waals surface area contributed by atoms with Gasteiger partial charge < -0.3 is 19.9 Å². The molecule has 7 heteroatoms. The van der Waals surface area contributed by atoms with E-state index in [1.165, 1.54) is 24.3 Å². The third-order valence-corrected chi connectivity index (χ3v) is 6.66. The van der Waals surface area contributed by atoms with Crippen molar-refractivity contribution in [2.45, 2.75) is 31.3 Å². The highest BCUT2D eigenvalue weighted by molar-refractivity contribution is 5.76. The normalized spacial score (nSPS) is 19.9. The highest BCUT2D eigenvalue weighted by atomic mass is 19.1. The van der Waals surface area contributed by atoms with Crippen LogP contribution in [0.3, 0.4) is 0 Å². The van der Waals surface area contributed by atoms with Crippen molar-refractivity contribution in [3.05, 3.63) is 131 Å². The van der Waals surface area contributed by atoms with E-state index in [0.717, 1.165) is 11.1 Å². The summed E-state index contributed by atoms with van der Waals surface area (Å²) < 4.78 is 38.5. The maximum Gasteiger partial charge on any atom is 0.314 e. The van der Waals surface area contributed by atoms with Crippen LogP contribution in [0.5, 0.6) is 5.75 Å². The highest BCUT2D eigenvalue weighted by Crippen LogP contribution is 2.39. The summed E-state index contributed by atoms with van der Waals surface area (Å²) in [5.74, 6) is -1.64. The van der Waals surface area contributed by atoms with Crippen molar-refractivity contribution in [2.75, 3.05) is 5.32 Å². The van der Waals surface area contributed by atoms with E-state index in [1.807, 2.05) is 42.5 Å². The Kier molecular flexibility index (Phi) is 7.65. The lowest BCUT2D eigenvalue weighted by Crippen LogP contribution is -2.43. The summed E-state index contributed by atoms with van der Waals surface area (Å²) in [6.45, 7) is 0.413. The van der Waals surface area contributed by atoms with Gasteiger partial charge in [0.05, 0.1) is 12.1 Å². The number of cyclic esters (lactones) is 1. The summed E-state index contributed by atoms with van der Waals surface area (Å²) in [4.78, 5) is 13.3. The molecule has 38 heavy (non-hydrogen) atoms. The number of aliphatic hydroxyl groups excluding tert-OH is 1. The number of hydrogen-bond donors (Lipinski definition) is 2. The summed E-state index contributed by atoms with van der Waals surface area (Å²) in [7, 11) is 0. The maximum absolute atomic E-state index is 13.5. The van der Waals surface area contributed by atoms with E-state index in [4.69, 9.17) is 9.47 Å². The van der Waals surface area contributed by atoms with Crippen LogP contribution in [0.4, 0.5) is 14.5 Å². The van der Waals surface area contributed by atoms with E-state index in [-0.39, 0.29) is 12.2 Å². The summed E-state index contributed by atoms with van der Waals surface area (Å²) in [6, 6.07) is 27.8. The van der Waals surface area contributed by atoms with Crippen LogP contribution in [0.2, 0.25) is 0 Å². The second kappa shape index (κ2) is 11.4. The molecule has 0 radical (unpaired) electrons. The Morgan fingerprint density at radius 3 is 2.13 bits per heavy atom. The number of carbonyl (C=O) groups is 1. The topological polar surface area (TPSA) is 67.8 Å². The lowest BCUT2D eigenvalue weighted by Gasteiger charge is -2.37. The second-order valence-electron chi connectivity index (χ2n) is 9.28. The number of rotatable bonds is 8. The molecule has 4 aromatic rings. The fourth-order valence-electron chi connectivity index (χ4n) is 4.65. The second-order valence-corrected chi connectivity index (χ2v) is 9.28. The predicted octanol–water partition coefficient (Wildman–Crippen LogP) is 6.36. The average Bonchev–Trinajstić information content (AvgIpc) is 2.93. The highest BCUT2D eigenvalue weighted by Gasteiger charge is 2.43. The van der Waals surface area contributed by atoms with E-state index < -0.39 is 36.0 Å². The van der Waals surface area contributed by atoms with E-state index in [9.17, 15) is 18.7 Å². The molecule has 2 N–H and O–H groups in total. The molecule has 1 saturated heterocycles. The first-order chi connectivity index (χ1) is 18.5. The Bertz CT molecular complexity index is 1350. The fourth-order valence-corrected chi connectivity index (χ4v) is 4.65. The standard InChI is InChI=1S/C31H27F2NO4/c32-23-10-6-21(7-11-23)28-18-27(35)29(31(36)38-28)30(34-25-14-12-24(33)13-15-25)22-8-16-26(17-9-22)37-19-20-4-2-1-3-5-20/h1-17,27-30,34-35H,18-19H2. The molecule has 0 bridgehead atoms. The van der Waals surface area contributed by atoms with Gasteiger partial charge in [0.1, 0.15) is 36.0 Å². The molecule has 0 aliphatic carbocycles. The molecule has 5 rings (SSSR count). The number of nitrogens with one attached hydrogen (secondary N) is 1. The van der Waals surface area contributed by atoms with Crippen molar-refractivity contribution in [3.8, 4) is 5.75 Å². The number of benzene rings is 4. The first-order valence-electron chi connectivity index (χ1n) is 12.4. The van der Waals surface area contributed by atoms with Gasteiger partial charge in [0.15, 0.2) is 0 Å². The van der Waals surface area contributed by atoms with Gasteiger partial charge in [0.25, 0.3) is 0 Å². The molecule has 4 unspecified atom stereocenters. The number of esters is 1. The van der Waals surface area contributed by atoms with Crippen LogP contribution >= 0.6 is 0 Å². The van der Waals surface area contributed by atoms with Crippen LogP contribution in [0.15, 0.2) is 103 Å². The van der Waals surface area contributed by atoms with Crippen LogP contribution in [-0.4, -0.2) is 17.2 Å². The molecule has 0 spiro atoms. The molecule has 1 fully saturated rings. The Labute approximate surface area is 219 Å². The molecule has 4 atom stereocenters. The summed E-state index contributed by atoms with van der Waals surface area (Å²) in [6.07, 6.45) is -1.57. The number of ether oxygens (including phenoxy) is 2. The molecule has 0 amide bonds. The fraction of sp³-hybridized carbons (Fsp3) is 0.194. The van der Waals surface area contributed by atoms with E-state index >= 15 is 0 Å². The monoisotopic (exact) mass is 515 g/mol. The molecular formula is C31H27F2NO4. The third kappa shape index (κ3) is 6.01. The van der Waals surface area contributed by atoms with E-state index in [2.05, 4.69) is 5.32 Å². The van der Waals surface area contributed by atoms with Crippen LogP contribution in [-0.2, 0) is 16.1 Å². The predicted molar refractivity (Wildman–Crippen MR) is 139 cm³/mol. The van der Waals surface area contributed by atoms with Crippen LogP contribution in [0.1, 0.15) is 35.3 Å². The Balaban J connectivity index is 1.37. The lowest BCUT2D eigenvalue weighted by molar-refractivity contribution is -0.171. The van der Waals surface area contributed by atoms with Gasteiger partial charge in [0.2, 0.25) is 0 Å². The summed E-state index contributed by atoms with van der Waals surface area (Å²) in [5.41, 5.74) is 2.96. The maximum atomic E-state index is 13.5. The largest absolute Gasteiger partial charge is 0.489 e. The SMILES string of the molecule is O=C1OC(c2ccc(F)cc2)CC(O)C1C(Nc1ccc(F)cc1)c1ccc(OCc2ccccc2)cc1. The van der Waals surface area contributed by atoms with Gasteiger partial charge in [-0.2, -0.15) is 0 Å². The van der Waals surface area contributed by atoms with Crippen LogP contribution in [0.25, 0.3) is 0 Å². The van der Waals surface area contributed by atoms with Crippen molar-refractivity contribution in [3.63, 3.8) is 0 Å². The molecule has 1 aliphatic heterocycles. The molecule has 1 heterocycles. The Morgan fingerprint density at radius 1 is 0.868 bits per heavy atom. The number of halogens is 2. The van der Waals surface area contributed by atoms with Crippen LogP contribution < -0.4 is 10.1 Å². The minimum absolute atomic E-state index is 0.155. The summed E-state index contributed by atoms with van der Waals surface area (Å²) >= 11 is 0. The number of aliphatic hydroxyl groups is 1. The van der Waals surface area contributed by atoms with Gasteiger partial charge in [-0.3, -0.25) is 4.79 Å². The summed E-state index contributed by atoms with van der Waals surface area (Å²) in [5, 5.41) is 14.4. The molecule has 4 aromatic carbocycles. The van der Waals surface area contributed by atoms with E-state index in [0.29, 0.717) is 23.6 Å². The van der Waals surface area contributed by atoms with Gasteiger partial charge in [-0.05, 0) is 65.2 Å². The van der Waals surface area contributed by atoms with Gasteiger partial charge in [-0.1, -0.05) is 54.6 Å². The van der Waals surface area contributed by atoms with Gasteiger partial charge in [-0.15, -0.1) is 0 Å². The molecule has 0 saturated carbocycles. The minimum Gasteiger partial charge on any atom is -0.489 e. The zero-order chi connectivity index (χ0) is 26.5. The van der Waals surface area contributed by atoms with Gasteiger partial charge >= 0.3 is 5.97 Å². The lowest BCUT2D eigenvalue weighted by atomic mass is 9.83. The number of carbonyl (C=O) groups excluding carboxylic acids is 1. The minimum atomic E-state index is -1.04. The number of anilines is 1. The molecule has 1 aliphatic rings. The first kappa shape index (κ1) is 25.4. The van der Waals surface area contributed by atoms with Crippen molar-refractivity contribution >= 4 is 11.7 Å². The third-order valence-electron chi connectivity index (χ3n) is 6.66. The zero-order valence-corrected chi connectivity index (χ0v) is 20.5. The Morgan fingerprint density at radius 2 is 1.50 bits per heavy atom. The van der Waals surface area contributed by atoms with Crippen molar-refractivity contribution < 1.29 is 28.2 Å². The quantitative estimate of drug-likeness (QED) is 0.267. The average molecular weight is 516 g/mol. The molecule has 0 aromatic heterocycles. The number of hydrogen-bond acceptors (Lipinski definition) is 5. The van der Waals surface area contributed by atoms with Gasteiger partial charge in [-0.25, -0.2) is 8.78 Å². The molecular weight excluding hydrogens is 488 g/mol. The van der Waals surface area contributed by atoms with Crippen molar-refractivity contribution in [2.24, 2.45) is 5.92 Å². The molecule has 194 valence electrons. The van der Waals surface area contributed by atoms with Crippen LogP contribution in [0, 0.1) is 17.6 Å². The van der Waals surface area contributed by atoms with Crippen molar-refractivity contribution in [1.29, 1.82) is 0 Å². The van der Waals surface area contributed by atoms with E-state index in [1.54, 1.807) is 36.4 Å². The zero-order valence-electron chi connectivity index (χ0n) is 20.5. The molecule has 5 nitrogen and oxygen atoms in total. The Hall–Kier alpha value is -4.23. The van der Waals surface area contributed by atoms with Crippen molar-refractivity contribution in [1.82, 2.24) is 0 Å².